The third kappa shape index (κ3) is 6.11. The van der Waals surface area contributed by atoms with Gasteiger partial charge in [-0.3, -0.25) is 4.79 Å². The van der Waals surface area contributed by atoms with Crippen molar-refractivity contribution in [1.82, 2.24) is 9.55 Å². The molecule has 6 heteroatoms. The van der Waals surface area contributed by atoms with Gasteiger partial charge in [-0.25, -0.2) is 0 Å². The number of carbonyl (C=O) groups excluding carboxylic acids is 1. The number of rotatable bonds is 8. The van der Waals surface area contributed by atoms with Gasteiger partial charge in [0.15, 0.2) is 5.78 Å². The van der Waals surface area contributed by atoms with Gasteiger partial charge in [-0.15, -0.1) is 23.6 Å². The number of aliphatic hydroxyl groups is 1. The fraction of sp³-hybridized carbons (Fsp3) is 0.286. The summed E-state index contributed by atoms with van der Waals surface area (Å²) >= 11 is 1.84. The molecule has 7 aromatic rings. The van der Waals surface area contributed by atoms with Crippen LogP contribution in [0.3, 0.4) is 0 Å². The van der Waals surface area contributed by atoms with E-state index in [0.717, 1.165) is 53.2 Å². The Morgan fingerprint density at radius 2 is 1.48 bits per heavy atom. The molecule has 0 saturated carbocycles. The summed E-state index contributed by atoms with van der Waals surface area (Å²) in [5.41, 5.74) is 3.84. The van der Waals surface area contributed by atoms with E-state index in [1.54, 1.807) is 0 Å². The third-order valence-corrected chi connectivity index (χ3v) is 11.6. The van der Waals surface area contributed by atoms with Gasteiger partial charge in [0.25, 0.3) is 0 Å². The predicted molar refractivity (Wildman–Crippen MR) is 201 cm³/mol. The summed E-state index contributed by atoms with van der Waals surface area (Å²) in [7, 11) is 0. The molecule has 0 atom stereocenters. The molecule has 0 fully saturated rings. The van der Waals surface area contributed by atoms with E-state index in [-0.39, 0.29) is 42.5 Å². The van der Waals surface area contributed by atoms with Gasteiger partial charge < -0.3 is 14.7 Å². The van der Waals surface area contributed by atoms with E-state index in [9.17, 15) is 9.90 Å². The SMILES string of the molecule is CCC(C)(CC)C(=O)/C=C(\O)C(C)(CC)CC.[Ir].[c-]1ccc2sc3cccc4c3c2c1c1ncc2ccccc2c1n4-c1ccccc1. The van der Waals surface area contributed by atoms with Crippen molar-refractivity contribution in [2.75, 3.05) is 0 Å². The predicted octanol–water partition coefficient (Wildman–Crippen LogP) is 12.1. The van der Waals surface area contributed by atoms with Gasteiger partial charge in [-0.2, -0.15) is 11.3 Å². The number of thiophene rings is 1. The summed E-state index contributed by atoms with van der Waals surface area (Å²) in [4.78, 5) is 17.2. The molecule has 4 nitrogen and oxygen atoms in total. The maximum atomic E-state index is 12.2. The molecule has 3 heterocycles. The van der Waals surface area contributed by atoms with Crippen molar-refractivity contribution < 1.29 is 30.0 Å². The first-order chi connectivity index (χ1) is 22.7. The average molecular weight is 832 g/mol. The second-order valence-electron chi connectivity index (χ2n) is 13.0. The number of fused-ring (bicyclic) bond motifs is 4. The van der Waals surface area contributed by atoms with E-state index in [2.05, 4.69) is 89.5 Å². The van der Waals surface area contributed by atoms with E-state index in [1.807, 2.05) is 65.1 Å². The molecule has 48 heavy (non-hydrogen) atoms. The van der Waals surface area contributed by atoms with Crippen LogP contribution in [0.2, 0.25) is 0 Å². The number of hydrogen-bond acceptors (Lipinski definition) is 4. The van der Waals surface area contributed by atoms with Gasteiger partial charge >= 0.3 is 0 Å². The van der Waals surface area contributed by atoms with E-state index >= 15 is 0 Å². The Morgan fingerprint density at radius 1 is 0.833 bits per heavy atom. The van der Waals surface area contributed by atoms with E-state index in [1.165, 1.54) is 37.2 Å². The van der Waals surface area contributed by atoms with Gasteiger partial charge in [0, 0.05) is 75.5 Å². The van der Waals surface area contributed by atoms with Crippen LogP contribution in [0.5, 0.6) is 0 Å². The minimum Gasteiger partial charge on any atom is -0.512 e. The monoisotopic (exact) mass is 832 g/mol. The maximum absolute atomic E-state index is 12.2. The summed E-state index contributed by atoms with van der Waals surface area (Å²) in [6.45, 7) is 12.1. The molecule has 1 N–H and O–H groups in total. The molecule has 3 aromatic heterocycles. The van der Waals surface area contributed by atoms with Crippen LogP contribution in [-0.2, 0) is 24.9 Å². The van der Waals surface area contributed by atoms with Crippen LogP contribution >= 0.6 is 11.3 Å². The number of hydrogen-bond donors (Lipinski definition) is 1. The molecule has 0 unspecified atom stereocenters. The Balaban J connectivity index is 0.000000218. The first-order valence-electron chi connectivity index (χ1n) is 16.7. The number of aliphatic hydroxyl groups excluding tert-OH is 1. The Labute approximate surface area is 300 Å². The molecule has 0 aliphatic carbocycles. The summed E-state index contributed by atoms with van der Waals surface area (Å²) in [5, 5.41) is 16.1. The molecule has 0 spiro atoms. The van der Waals surface area contributed by atoms with Gasteiger partial charge in [-0.05, 0) is 65.4 Å². The second-order valence-corrected chi connectivity index (χ2v) is 14.1. The number of nitrogens with zero attached hydrogens (tertiary/aromatic N) is 2. The molecule has 4 aromatic carbocycles. The Hall–Kier alpha value is -3.83. The summed E-state index contributed by atoms with van der Waals surface area (Å²) < 4.78 is 4.95. The summed E-state index contributed by atoms with van der Waals surface area (Å²) in [6, 6.07) is 33.5. The summed E-state index contributed by atoms with van der Waals surface area (Å²) in [6.07, 6.45) is 6.74. The van der Waals surface area contributed by atoms with Crippen LogP contribution in [0.4, 0.5) is 0 Å². The van der Waals surface area contributed by atoms with Crippen LogP contribution in [0, 0.1) is 16.9 Å². The zero-order valence-electron chi connectivity index (χ0n) is 28.6. The topological polar surface area (TPSA) is 55.1 Å². The number of carbonyl (C=O) groups is 1. The molecule has 0 aliphatic rings. The first kappa shape index (κ1) is 35.5. The summed E-state index contributed by atoms with van der Waals surface area (Å²) in [5.74, 6) is 0.286. The van der Waals surface area contributed by atoms with Crippen molar-refractivity contribution in [3.8, 4) is 5.69 Å². The van der Waals surface area contributed by atoms with Crippen LogP contribution in [-0.4, -0.2) is 20.4 Å². The normalized spacial score (nSPS) is 12.4. The second kappa shape index (κ2) is 14.3. The fourth-order valence-corrected chi connectivity index (χ4v) is 7.50. The molecule has 0 aliphatic heterocycles. The van der Waals surface area contributed by atoms with Crippen LogP contribution in [0.15, 0.2) is 103 Å². The largest absolute Gasteiger partial charge is 0.512 e. The van der Waals surface area contributed by atoms with Gasteiger partial charge in [0.1, 0.15) is 5.76 Å². The van der Waals surface area contributed by atoms with Gasteiger partial charge in [-0.1, -0.05) is 95.5 Å². The standard InChI is InChI=1S/C27H15N2S.C15H28O2.Ir/c1-2-9-18(10-3-1)29-21-13-7-15-23-25(21)24-20(12-6-14-22(24)30-23)26-27(29)19-11-5-4-8-17(19)16-28-26;1-7-14(5,8-2)12(16)11-13(17)15(6,9-3)10-4;/h1-11,13-16H;11,16H,7-10H2,1-6H3;/q-1;;/b;12-11-;. The Kier molecular flexibility index (Phi) is 10.6. The number of para-hydroxylation sites is 1. The molecule has 1 radical (unpaired) electrons. The Morgan fingerprint density at radius 3 is 2.17 bits per heavy atom. The third-order valence-electron chi connectivity index (χ3n) is 10.5. The maximum Gasteiger partial charge on any atom is 0.164 e. The molecular formula is C42H43IrN2O2S-. The van der Waals surface area contributed by atoms with Crippen molar-refractivity contribution >= 4 is 70.0 Å². The van der Waals surface area contributed by atoms with Crippen molar-refractivity contribution in [3.63, 3.8) is 0 Å². The Bertz CT molecular complexity index is 2260. The van der Waals surface area contributed by atoms with E-state index < -0.39 is 0 Å². The minimum atomic E-state index is -0.337. The molecule has 0 bridgehead atoms. The van der Waals surface area contributed by atoms with Gasteiger partial charge in [0.2, 0.25) is 0 Å². The molecular weight excluding hydrogens is 789 g/mol. The molecule has 249 valence electrons. The van der Waals surface area contributed by atoms with Crippen LogP contribution < -0.4 is 0 Å². The molecule has 0 amide bonds. The minimum absolute atomic E-state index is 0. The molecule has 0 saturated heterocycles. The number of benzene rings is 4. The van der Waals surface area contributed by atoms with E-state index in [0.29, 0.717) is 0 Å². The van der Waals surface area contributed by atoms with E-state index in [4.69, 9.17) is 4.98 Å². The van der Waals surface area contributed by atoms with Gasteiger partial charge in [0.05, 0.1) is 0 Å². The van der Waals surface area contributed by atoms with Crippen molar-refractivity contribution in [3.05, 3.63) is 109 Å². The van der Waals surface area contributed by atoms with Crippen molar-refractivity contribution in [2.24, 2.45) is 10.8 Å². The van der Waals surface area contributed by atoms with Crippen molar-refractivity contribution in [2.45, 2.75) is 67.2 Å². The van der Waals surface area contributed by atoms with Crippen LogP contribution in [0.1, 0.15) is 67.2 Å². The average Bonchev–Trinajstić information content (AvgIpc) is 3.45. The quantitative estimate of drug-likeness (QED) is 0.0943. The molecule has 7 rings (SSSR count). The fourth-order valence-electron chi connectivity index (χ4n) is 6.37. The zero-order valence-corrected chi connectivity index (χ0v) is 31.8. The number of aromatic nitrogens is 2. The first-order valence-corrected chi connectivity index (χ1v) is 17.6. The van der Waals surface area contributed by atoms with Crippen molar-refractivity contribution in [1.29, 1.82) is 0 Å². The number of allylic oxidation sites excluding steroid dienone is 2. The number of ketones is 1. The number of pyridine rings is 1. The van der Waals surface area contributed by atoms with Crippen LogP contribution in [0.25, 0.3) is 58.6 Å². The zero-order chi connectivity index (χ0) is 33.3. The smallest absolute Gasteiger partial charge is 0.164 e.